The lowest BCUT2D eigenvalue weighted by Gasteiger charge is -2.38. The van der Waals surface area contributed by atoms with Gasteiger partial charge in [0.05, 0.1) is 11.8 Å². The van der Waals surface area contributed by atoms with Gasteiger partial charge in [-0.05, 0) is 43.5 Å². The molecule has 208 valence electrons. The molecule has 1 aromatic carbocycles. The molecule has 1 aromatic heterocycles. The second kappa shape index (κ2) is 11.3. The highest BCUT2D eigenvalue weighted by Crippen LogP contribution is 2.44. The summed E-state index contributed by atoms with van der Waals surface area (Å²) in [5, 5.41) is 19.0. The lowest BCUT2D eigenvalue weighted by Crippen LogP contribution is -2.45. The Morgan fingerprint density at radius 1 is 1.27 bits per heavy atom. The summed E-state index contributed by atoms with van der Waals surface area (Å²) in [5.41, 5.74) is 15.6. The Labute approximate surface area is 232 Å². The van der Waals surface area contributed by atoms with E-state index in [0.717, 1.165) is 29.9 Å². The summed E-state index contributed by atoms with van der Waals surface area (Å²) in [6.07, 6.45) is 13.2. The number of aliphatic carboxylic acids is 1. The van der Waals surface area contributed by atoms with Gasteiger partial charge in [-0.25, -0.2) is 4.79 Å². The first-order chi connectivity index (χ1) is 19.3. The number of carbonyl (C=O) groups is 2. The van der Waals surface area contributed by atoms with Crippen molar-refractivity contribution in [1.29, 1.82) is 5.53 Å². The number of carboxylic acids is 1. The summed E-state index contributed by atoms with van der Waals surface area (Å²) in [7, 11) is 0. The van der Waals surface area contributed by atoms with Gasteiger partial charge in [0.1, 0.15) is 23.7 Å². The Kier molecular flexibility index (Phi) is 7.63. The minimum absolute atomic E-state index is 0.0457. The summed E-state index contributed by atoms with van der Waals surface area (Å²) in [5.74, 6) is -0.686. The number of nitrogens with two attached hydrogens (primary N) is 1. The van der Waals surface area contributed by atoms with Crippen LogP contribution in [0.25, 0.3) is 0 Å². The van der Waals surface area contributed by atoms with Gasteiger partial charge < -0.3 is 25.5 Å². The predicted molar refractivity (Wildman–Crippen MR) is 149 cm³/mol. The molecule has 1 amide bonds. The first-order valence-corrected chi connectivity index (χ1v) is 13.4. The van der Waals surface area contributed by atoms with E-state index in [0.29, 0.717) is 29.2 Å². The fourth-order valence-electron chi connectivity index (χ4n) is 5.83. The Bertz CT molecular complexity index is 1420. The fourth-order valence-corrected chi connectivity index (χ4v) is 5.83. The van der Waals surface area contributed by atoms with Crippen LogP contribution in [0.4, 0.5) is 0 Å². The maximum Gasteiger partial charge on any atom is 0.326 e. The van der Waals surface area contributed by atoms with Crippen molar-refractivity contribution in [1.82, 2.24) is 10.2 Å². The number of carbonyl (C=O) groups excluding carboxylic acids is 1. The molecule has 1 aliphatic heterocycles. The summed E-state index contributed by atoms with van der Waals surface area (Å²) < 4.78 is 5.37. The fraction of sp³-hybridized carbons (Fsp3) is 0.379. The van der Waals surface area contributed by atoms with E-state index < -0.39 is 23.5 Å². The number of furan rings is 1. The van der Waals surface area contributed by atoms with Crippen molar-refractivity contribution in [3.05, 3.63) is 83.0 Å². The number of carboxylic acid groups (broad SMARTS) is 1. The highest BCUT2D eigenvalue weighted by Gasteiger charge is 2.46. The van der Waals surface area contributed by atoms with E-state index in [2.05, 4.69) is 20.5 Å². The predicted octanol–water partition coefficient (Wildman–Crippen LogP) is 4.11. The van der Waals surface area contributed by atoms with Crippen LogP contribution < -0.4 is 11.1 Å². The number of hydrogen-bond donors (Lipinski definition) is 4. The molecule has 2 heterocycles. The van der Waals surface area contributed by atoms with Gasteiger partial charge in [-0.2, -0.15) is 5.53 Å². The van der Waals surface area contributed by atoms with E-state index in [1.807, 2.05) is 19.1 Å². The first-order valence-electron chi connectivity index (χ1n) is 13.4. The topological polar surface area (TPSA) is 170 Å². The van der Waals surface area contributed by atoms with Crippen LogP contribution in [0.5, 0.6) is 0 Å². The number of hydrogen-bond acceptors (Lipinski definition) is 7. The standard InChI is InChI=1S/C29H33N7O4/c1-29-16-20(27(37)32-23(28(38)39)15-18-6-5-7-19(14-18)25(30)34-35-31)10-11-24(29)36(22-8-3-2-4-9-22)26(33-29)21-12-13-40-17-21/h5-7,10-14,17,22-23H,2-4,8-9,15-16H2,1H3,(H,32,37)(H,38,39)(H3,30,31,34)/t23-,29?/m0/s1. The molecule has 0 spiro atoms. The quantitative estimate of drug-likeness (QED) is 0.160. The van der Waals surface area contributed by atoms with Crippen molar-refractivity contribution >= 4 is 23.5 Å². The average Bonchev–Trinajstić information content (AvgIpc) is 3.59. The van der Waals surface area contributed by atoms with E-state index in [1.54, 1.807) is 42.9 Å². The van der Waals surface area contributed by atoms with Crippen LogP contribution in [0.2, 0.25) is 0 Å². The maximum atomic E-state index is 13.4. The maximum absolute atomic E-state index is 13.4. The van der Waals surface area contributed by atoms with Crippen molar-refractivity contribution in [3.63, 3.8) is 0 Å². The molecule has 11 heteroatoms. The zero-order valence-corrected chi connectivity index (χ0v) is 22.3. The lowest BCUT2D eigenvalue weighted by molar-refractivity contribution is -0.141. The van der Waals surface area contributed by atoms with E-state index >= 15 is 0 Å². The molecule has 2 aromatic rings. The van der Waals surface area contributed by atoms with Crippen LogP contribution in [0.15, 0.2) is 86.0 Å². The van der Waals surface area contributed by atoms with Gasteiger partial charge in [0, 0.05) is 35.7 Å². The van der Waals surface area contributed by atoms with Gasteiger partial charge in [-0.3, -0.25) is 9.79 Å². The molecule has 2 atom stereocenters. The molecule has 1 saturated carbocycles. The number of aliphatic imine (C=N–C) groups is 1. The molecule has 0 saturated heterocycles. The molecule has 0 bridgehead atoms. The van der Waals surface area contributed by atoms with E-state index in [9.17, 15) is 14.7 Å². The Hall–Kier alpha value is -4.54. The number of allylic oxidation sites excluding steroid dienone is 2. The minimum atomic E-state index is -1.16. The zero-order valence-electron chi connectivity index (χ0n) is 22.3. The zero-order chi connectivity index (χ0) is 28.3. The number of amidine groups is 2. The summed E-state index contributed by atoms with van der Waals surface area (Å²) in [4.78, 5) is 32.9. The number of benzene rings is 1. The van der Waals surface area contributed by atoms with Crippen LogP contribution in [0.1, 0.15) is 62.1 Å². The minimum Gasteiger partial charge on any atom is -0.480 e. The monoisotopic (exact) mass is 543 g/mol. The van der Waals surface area contributed by atoms with Crippen LogP contribution in [-0.2, 0) is 16.0 Å². The Balaban J connectivity index is 1.36. The van der Waals surface area contributed by atoms with Crippen LogP contribution in [0.3, 0.4) is 0 Å². The smallest absolute Gasteiger partial charge is 0.326 e. The summed E-state index contributed by atoms with van der Waals surface area (Å²) in [6, 6.07) is 7.90. The summed E-state index contributed by atoms with van der Waals surface area (Å²) >= 11 is 0. The Morgan fingerprint density at radius 2 is 2.08 bits per heavy atom. The van der Waals surface area contributed by atoms with Gasteiger partial charge >= 0.3 is 5.97 Å². The summed E-state index contributed by atoms with van der Waals surface area (Å²) in [6.45, 7) is 2.03. The van der Waals surface area contributed by atoms with Gasteiger partial charge in [-0.15, -0.1) is 5.10 Å². The van der Waals surface area contributed by atoms with Crippen molar-refractivity contribution in [2.75, 3.05) is 0 Å². The number of fused-ring (bicyclic) bond motifs is 1. The van der Waals surface area contributed by atoms with Crippen LogP contribution in [-0.4, -0.2) is 51.2 Å². The molecule has 5 N–H and O–H groups in total. The second-order valence-corrected chi connectivity index (χ2v) is 10.7. The molecule has 2 aliphatic carbocycles. The number of nitrogens with zero attached hydrogens (tertiary/aromatic N) is 4. The first kappa shape index (κ1) is 27.0. The van der Waals surface area contributed by atoms with E-state index in [-0.39, 0.29) is 12.3 Å². The molecular weight excluding hydrogens is 510 g/mol. The third-order valence-electron chi connectivity index (χ3n) is 7.80. The van der Waals surface area contributed by atoms with E-state index in [4.69, 9.17) is 20.7 Å². The van der Waals surface area contributed by atoms with Crippen LogP contribution >= 0.6 is 0 Å². The van der Waals surface area contributed by atoms with E-state index in [1.165, 1.54) is 19.3 Å². The number of nitrogens with one attached hydrogen (secondary N) is 2. The SMILES string of the molecule is CC12CC(C(=O)N[C@@H](Cc3cccc(C(N)=NN=N)c3)C(=O)O)=CC=C1N(C1CCCCC1)C(c1ccoc1)=N2. The van der Waals surface area contributed by atoms with Gasteiger partial charge in [0.2, 0.25) is 5.91 Å². The molecule has 1 fully saturated rings. The largest absolute Gasteiger partial charge is 0.480 e. The van der Waals surface area contributed by atoms with Crippen molar-refractivity contribution in [2.24, 2.45) is 21.1 Å². The Morgan fingerprint density at radius 3 is 2.77 bits per heavy atom. The van der Waals surface area contributed by atoms with Crippen molar-refractivity contribution in [2.45, 2.75) is 69.5 Å². The lowest BCUT2D eigenvalue weighted by atomic mass is 9.84. The molecule has 0 radical (unpaired) electrons. The second-order valence-electron chi connectivity index (χ2n) is 10.7. The molecule has 40 heavy (non-hydrogen) atoms. The molecule has 5 rings (SSSR count). The van der Waals surface area contributed by atoms with Gasteiger partial charge in [0.25, 0.3) is 0 Å². The molecule has 1 unspecified atom stereocenters. The molecule has 3 aliphatic rings. The third kappa shape index (κ3) is 5.45. The van der Waals surface area contributed by atoms with Gasteiger partial charge in [0.15, 0.2) is 5.84 Å². The van der Waals surface area contributed by atoms with Crippen molar-refractivity contribution in [3.8, 4) is 0 Å². The highest BCUT2D eigenvalue weighted by atomic mass is 16.4. The molecule has 11 nitrogen and oxygen atoms in total. The van der Waals surface area contributed by atoms with Gasteiger partial charge in [-0.1, -0.05) is 48.8 Å². The number of rotatable bonds is 9. The van der Waals surface area contributed by atoms with Crippen LogP contribution in [0, 0.1) is 5.53 Å². The van der Waals surface area contributed by atoms with Crippen molar-refractivity contribution < 1.29 is 19.1 Å². The highest BCUT2D eigenvalue weighted by molar-refractivity contribution is 6.03. The number of amides is 1. The molecular formula is C29H33N7O4. The third-order valence-corrected chi connectivity index (χ3v) is 7.80. The average molecular weight is 544 g/mol. The normalized spacial score (nSPS) is 22.1.